The molecule has 2 aliphatic rings. The van der Waals surface area contributed by atoms with Crippen LogP contribution in [-0.2, 0) is 17.6 Å². The van der Waals surface area contributed by atoms with Gasteiger partial charge in [-0.1, -0.05) is 6.07 Å². The van der Waals surface area contributed by atoms with Gasteiger partial charge >= 0.3 is 0 Å². The Morgan fingerprint density at radius 1 is 1.14 bits per heavy atom. The van der Waals surface area contributed by atoms with Gasteiger partial charge in [0, 0.05) is 18.4 Å². The van der Waals surface area contributed by atoms with Crippen molar-refractivity contribution in [1.82, 2.24) is 0 Å². The summed E-state index contributed by atoms with van der Waals surface area (Å²) in [5.41, 5.74) is 2.27. The highest BCUT2D eigenvalue weighted by molar-refractivity contribution is 5.84. The molecule has 0 aromatic heterocycles. The minimum Gasteiger partial charge on any atom is -0.454 e. The molecule has 72 valence electrons. The van der Waals surface area contributed by atoms with Crippen molar-refractivity contribution >= 4 is 5.78 Å². The molecule has 0 saturated heterocycles. The molecule has 1 aromatic rings. The number of fused-ring (bicyclic) bond motifs is 3. The molecule has 3 nitrogen and oxygen atoms in total. The second kappa shape index (κ2) is 2.74. The van der Waals surface area contributed by atoms with Crippen molar-refractivity contribution in [3.8, 4) is 11.5 Å². The van der Waals surface area contributed by atoms with E-state index in [1.165, 1.54) is 5.56 Å². The number of ketones is 1. The predicted molar refractivity (Wildman–Crippen MR) is 49.6 cm³/mol. The van der Waals surface area contributed by atoms with Crippen molar-refractivity contribution in [2.75, 3.05) is 6.79 Å². The van der Waals surface area contributed by atoms with Gasteiger partial charge in [0.2, 0.25) is 6.79 Å². The molecule has 14 heavy (non-hydrogen) atoms. The Kier molecular flexibility index (Phi) is 1.54. The molecule has 0 bridgehead atoms. The quantitative estimate of drug-likeness (QED) is 0.621. The van der Waals surface area contributed by atoms with Crippen molar-refractivity contribution in [2.45, 2.75) is 19.3 Å². The number of benzene rings is 1. The number of hydrogen-bond donors (Lipinski definition) is 0. The fourth-order valence-corrected chi connectivity index (χ4v) is 2.06. The highest BCUT2D eigenvalue weighted by Crippen LogP contribution is 2.39. The third kappa shape index (κ3) is 1.02. The van der Waals surface area contributed by atoms with E-state index in [0.717, 1.165) is 23.5 Å². The zero-order valence-electron chi connectivity index (χ0n) is 7.71. The predicted octanol–water partition coefficient (Wildman–Crippen LogP) is 1.47. The van der Waals surface area contributed by atoms with Crippen LogP contribution in [0.5, 0.6) is 11.5 Å². The van der Waals surface area contributed by atoms with Crippen molar-refractivity contribution in [3.05, 3.63) is 23.3 Å². The van der Waals surface area contributed by atoms with Crippen molar-refractivity contribution < 1.29 is 14.3 Å². The average Bonchev–Trinajstić information content (AvgIpc) is 2.65. The number of carbonyl (C=O) groups excluding carboxylic acids is 1. The Hall–Kier alpha value is -1.51. The Morgan fingerprint density at radius 2 is 2.07 bits per heavy atom. The average molecular weight is 190 g/mol. The first kappa shape index (κ1) is 7.85. The van der Waals surface area contributed by atoms with Crippen LogP contribution in [0.2, 0.25) is 0 Å². The number of aryl methyl sites for hydroxylation is 1. The SMILES string of the molecule is O=C1CCc2ccc3c(c2C1)OCO3. The minimum atomic E-state index is 0.278. The minimum absolute atomic E-state index is 0.278. The zero-order chi connectivity index (χ0) is 9.54. The maximum atomic E-state index is 11.3. The van der Waals surface area contributed by atoms with E-state index in [1.807, 2.05) is 12.1 Å². The van der Waals surface area contributed by atoms with Gasteiger partial charge in [-0.15, -0.1) is 0 Å². The normalized spacial score (nSPS) is 18.1. The molecule has 0 saturated carbocycles. The van der Waals surface area contributed by atoms with E-state index in [0.29, 0.717) is 18.6 Å². The molecular formula is C11H10O3. The summed E-state index contributed by atoms with van der Waals surface area (Å²) < 4.78 is 10.6. The molecule has 0 amide bonds. The van der Waals surface area contributed by atoms with Crippen LogP contribution in [0.3, 0.4) is 0 Å². The summed E-state index contributed by atoms with van der Waals surface area (Å²) in [5, 5.41) is 0. The van der Waals surface area contributed by atoms with E-state index in [-0.39, 0.29) is 6.79 Å². The standard InChI is InChI=1S/C11H10O3/c12-8-3-1-7-2-4-10-11(9(7)5-8)14-6-13-10/h2,4H,1,3,5-6H2. The van der Waals surface area contributed by atoms with Gasteiger partial charge in [-0.25, -0.2) is 0 Å². The van der Waals surface area contributed by atoms with E-state index < -0.39 is 0 Å². The van der Waals surface area contributed by atoms with Gasteiger partial charge in [0.25, 0.3) is 0 Å². The molecule has 0 radical (unpaired) electrons. The van der Waals surface area contributed by atoms with Gasteiger partial charge in [-0.05, 0) is 18.1 Å². The number of hydrogen-bond acceptors (Lipinski definition) is 3. The monoisotopic (exact) mass is 190 g/mol. The van der Waals surface area contributed by atoms with Crippen LogP contribution in [0.25, 0.3) is 0 Å². The zero-order valence-corrected chi connectivity index (χ0v) is 7.71. The van der Waals surface area contributed by atoms with E-state index in [1.54, 1.807) is 0 Å². The maximum absolute atomic E-state index is 11.3. The molecule has 3 heteroatoms. The smallest absolute Gasteiger partial charge is 0.231 e. The third-order valence-electron chi connectivity index (χ3n) is 2.79. The molecule has 3 rings (SSSR count). The highest BCUT2D eigenvalue weighted by atomic mass is 16.7. The van der Waals surface area contributed by atoms with Crippen LogP contribution in [0.4, 0.5) is 0 Å². The Labute approximate surface area is 81.6 Å². The molecule has 0 spiro atoms. The second-order valence-electron chi connectivity index (χ2n) is 3.65. The summed E-state index contributed by atoms with van der Waals surface area (Å²) in [7, 11) is 0. The lowest BCUT2D eigenvalue weighted by molar-refractivity contribution is -0.118. The van der Waals surface area contributed by atoms with Crippen LogP contribution in [0.15, 0.2) is 12.1 Å². The molecule has 0 atom stereocenters. The Bertz CT molecular complexity index is 409. The first-order chi connectivity index (χ1) is 6.84. The number of ether oxygens (including phenoxy) is 2. The molecule has 0 unspecified atom stereocenters. The summed E-state index contributed by atoms with van der Waals surface area (Å²) in [6, 6.07) is 3.96. The number of Topliss-reactive ketones (excluding diaryl/α,β-unsaturated/α-hetero) is 1. The lowest BCUT2D eigenvalue weighted by atomic mass is 9.90. The fraction of sp³-hybridized carbons (Fsp3) is 0.364. The molecule has 1 heterocycles. The van der Waals surface area contributed by atoms with Crippen LogP contribution in [0.1, 0.15) is 17.5 Å². The summed E-state index contributed by atoms with van der Waals surface area (Å²) in [6.07, 6.45) is 2.00. The molecule has 0 N–H and O–H groups in total. The summed E-state index contributed by atoms with van der Waals surface area (Å²) in [5.74, 6) is 1.86. The van der Waals surface area contributed by atoms with E-state index >= 15 is 0 Å². The molecule has 1 aliphatic carbocycles. The third-order valence-corrected chi connectivity index (χ3v) is 2.79. The van der Waals surface area contributed by atoms with E-state index in [9.17, 15) is 4.79 Å². The van der Waals surface area contributed by atoms with Gasteiger partial charge in [0.1, 0.15) is 5.78 Å². The molecule has 1 aromatic carbocycles. The van der Waals surface area contributed by atoms with Crippen molar-refractivity contribution in [1.29, 1.82) is 0 Å². The summed E-state index contributed by atoms with van der Waals surface area (Å²) in [6.45, 7) is 0.278. The van der Waals surface area contributed by atoms with Crippen LogP contribution >= 0.6 is 0 Å². The lowest BCUT2D eigenvalue weighted by Gasteiger charge is -2.16. The van der Waals surface area contributed by atoms with Crippen LogP contribution < -0.4 is 9.47 Å². The summed E-state index contributed by atoms with van der Waals surface area (Å²) >= 11 is 0. The van der Waals surface area contributed by atoms with Crippen LogP contribution in [-0.4, -0.2) is 12.6 Å². The Morgan fingerprint density at radius 3 is 3.00 bits per heavy atom. The largest absolute Gasteiger partial charge is 0.454 e. The molecular weight excluding hydrogens is 180 g/mol. The maximum Gasteiger partial charge on any atom is 0.231 e. The number of carbonyl (C=O) groups is 1. The van der Waals surface area contributed by atoms with Gasteiger partial charge in [-0.3, -0.25) is 4.79 Å². The van der Waals surface area contributed by atoms with E-state index in [4.69, 9.17) is 9.47 Å². The highest BCUT2D eigenvalue weighted by Gasteiger charge is 2.25. The summed E-state index contributed by atoms with van der Waals surface area (Å²) in [4.78, 5) is 11.3. The molecule has 0 fully saturated rings. The van der Waals surface area contributed by atoms with E-state index in [2.05, 4.69) is 0 Å². The van der Waals surface area contributed by atoms with Crippen molar-refractivity contribution in [3.63, 3.8) is 0 Å². The first-order valence-electron chi connectivity index (χ1n) is 4.76. The Balaban J connectivity index is 2.16. The fourth-order valence-electron chi connectivity index (χ4n) is 2.06. The topological polar surface area (TPSA) is 35.5 Å². The van der Waals surface area contributed by atoms with Crippen LogP contribution in [0, 0.1) is 0 Å². The van der Waals surface area contributed by atoms with Gasteiger partial charge in [0.05, 0.1) is 0 Å². The molecule has 1 aliphatic heterocycles. The lowest BCUT2D eigenvalue weighted by Crippen LogP contribution is -2.13. The van der Waals surface area contributed by atoms with Gasteiger partial charge in [-0.2, -0.15) is 0 Å². The van der Waals surface area contributed by atoms with Crippen molar-refractivity contribution in [2.24, 2.45) is 0 Å². The number of rotatable bonds is 0. The first-order valence-corrected chi connectivity index (χ1v) is 4.76. The van der Waals surface area contributed by atoms with Gasteiger partial charge in [0.15, 0.2) is 11.5 Å². The second-order valence-corrected chi connectivity index (χ2v) is 3.65. The van der Waals surface area contributed by atoms with Gasteiger partial charge < -0.3 is 9.47 Å².